The number of benzene rings is 3. The fraction of sp³-hybridized carbons (Fsp3) is 0.0909. The Morgan fingerprint density at radius 1 is 0.719 bits per heavy atom. The van der Waals surface area contributed by atoms with Gasteiger partial charge in [-0.05, 0) is 23.3 Å². The molecule has 0 aliphatic heterocycles. The van der Waals surface area contributed by atoms with Gasteiger partial charge in [-0.2, -0.15) is 13.1 Å². The van der Waals surface area contributed by atoms with E-state index in [1.165, 1.54) is 24.3 Å². The van der Waals surface area contributed by atoms with E-state index in [0.29, 0.717) is 5.56 Å². The predicted octanol–water partition coefficient (Wildman–Crippen LogP) is 3.21. The van der Waals surface area contributed by atoms with E-state index in [1.807, 2.05) is 6.07 Å². The minimum Gasteiger partial charge on any atom is -0.457 e. The van der Waals surface area contributed by atoms with Crippen molar-refractivity contribution in [3.63, 3.8) is 0 Å². The molecule has 0 aromatic heterocycles. The van der Waals surface area contributed by atoms with Crippen LogP contribution in [0.1, 0.15) is 21.5 Å². The Hall–Kier alpha value is -2.85. The number of hydrogen-bond acceptors (Lipinski definition) is 7. The van der Waals surface area contributed by atoms with E-state index in [1.54, 1.807) is 59.3 Å². The SMILES string of the molecule is O=C(NS(=O)(=O)Oc1ccccc1C(=O)OCc1ccccc1)OCc1ccccc1.[Na]. The van der Waals surface area contributed by atoms with Crippen LogP contribution >= 0.6 is 0 Å². The molecule has 0 bridgehead atoms. The first kappa shape index (κ1) is 25.4. The molecule has 0 aliphatic carbocycles. The zero-order valence-corrected chi connectivity index (χ0v) is 20.1. The fourth-order valence-electron chi connectivity index (χ4n) is 2.50. The summed E-state index contributed by atoms with van der Waals surface area (Å²) in [6, 6.07) is 23.4. The number of rotatable bonds is 8. The van der Waals surface area contributed by atoms with Crippen LogP contribution in [0.2, 0.25) is 0 Å². The maximum Gasteiger partial charge on any atom is 0.423 e. The molecule has 1 N–H and O–H groups in total. The number of amides is 1. The minimum atomic E-state index is -4.59. The number of nitrogens with one attached hydrogen (secondary N) is 1. The first-order valence-corrected chi connectivity index (χ1v) is 10.6. The van der Waals surface area contributed by atoms with Gasteiger partial charge in [0.15, 0.2) is 5.75 Å². The maximum atomic E-state index is 12.4. The van der Waals surface area contributed by atoms with Crippen LogP contribution < -0.4 is 8.91 Å². The van der Waals surface area contributed by atoms with Gasteiger partial charge in [0, 0.05) is 29.6 Å². The normalized spacial score (nSPS) is 10.4. The molecule has 0 fully saturated rings. The third kappa shape index (κ3) is 8.01. The largest absolute Gasteiger partial charge is 0.457 e. The van der Waals surface area contributed by atoms with Crippen LogP contribution in [0, 0.1) is 0 Å². The van der Waals surface area contributed by atoms with Crippen LogP contribution in [0.25, 0.3) is 0 Å². The van der Waals surface area contributed by atoms with Gasteiger partial charge < -0.3 is 13.7 Å². The van der Waals surface area contributed by atoms with E-state index in [0.717, 1.165) is 5.56 Å². The maximum absolute atomic E-state index is 12.4. The molecule has 161 valence electrons. The van der Waals surface area contributed by atoms with Crippen molar-refractivity contribution in [3.8, 4) is 5.75 Å². The predicted molar refractivity (Wildman–Crippen MR) is 117 cm³/mol. The van der Waals surface area contributed by atoms with E-state index in [2.05, 4.69) is 0 Å². The minimum absolute atomic E-state index is 0. The summed E-state index contributed by atoms with van der Waals surface area (Å²) in [6.45, 7) is -0.116. The molecule has 1 radical (unpaired) electrons. The Labute approximate surface area is 208 Å². The molecule has 0 spiro atoms. The molecule has 3 rings (SSSR count). The van der Waals surface area contributed by atoms with Crippen molar-refractivity contribution in [2.75, 3.05) is 0 Å². The molecule has 10 heteroatoms. The van der Waals surface area contributed by atoms with Crippen LogP contribution in [0.15, 0.2) is 84.9 Å². The molecule has 0 heterocycles. The monoisotopic (exact) mass is 464 g/mol. The second kappa shape index (κ2) is 12.3. The van der Waals surface area contributed by atoms with Gasteiger partial charge in [0.1, 0.15) is 18.8 Å². The van der Waals surface area contributed by atoms with Crippen LogP contribution in [0.4, 0.5) is 4.79 Å². The van der Waals surface area contributed by atoms with E-state index < -0.39 is 22.4 Å². The molecule has 8 nitrogen and oxygen atoms in total. The summed E-state index contributed by atoms with van der Waals surface area (Å²) < 4.78 is 41.0. The average molecular weight is 464 g/mol. The fourth-order valence-corrected chi connectivity index (χ4v) is 3.19. The summed E-state index contributed by atoms with van der Waals surface area (Å²) in [5, 5.41) is 0. The average Bonchev–Trinajstić information content (AvgIpc) is 2.77. The molecule has 0 saturated heterocycles. The Balaban J connectivity index is 0.00000363. The van der Waals surface area contributed by atoms with Crippen molar-refractivity contribution in [1.82, 2.24) is 4.72 Å². The number of para-hydroxylation sites is 1. The Morgan fingerprint density at radius 3 is 1.81 bits per heavy atom. The van der Waals surface area contributed by atoms with Crippen LogP contribution in [-0.2, 0) is 33.0 Å². The Morgan fingerprint density at radius 2 is 1.22 bits per heavy atom. The first-order chi connectivity index (χ1) is 14.9. The quantitative estimate of drug-likeness (QED) is 0.403. The van der Waals surface area contributed by atoms with Crippen molar-refractivity contribution < 1.29 is 31.7 Å². The zero-order chi connectivity index (χ0) is 22.1. The molecule has 0 saturated carbocycles. The second-order valence-corrected chi connectivity index (χ2v) is 7.54. The molecule has 1 amide bonds. The van der Waals surface area contributed by atoms with Gasteiger partial charge in [-0.25, -0.2) is 9.59 Å². The molecule has 32 heavy (non-hydrogen) atoms. The number of hydrogen-bond donors (Lipinski definition) is 1. The molecular weight excluding hydrogens is 445 g/mol. The summed E-state index contributed by atoms with van der Waals surface area (Å²) in [4.78, 5) is 24.2. The van der Waals surface area contributed by atoms with Gasteiger partial charge in [-0.3, -0.25) is 0 Å². The van der Waals surface area contributed by atoms with E-state index >= 15 is 0 Å². The van der Waals surface area contributed by atoms with Gasteiger partial charge >= 0.3 is 22.4 Å². The Kier molecular flexibility index (Phi) is 9.73. The summed E-state index contributed by atoms with van der Waals surface area (Å²) in [7, 11) is -4.59. The van der Waals surface area contributed by atoms with E-state index in [4.69, 9.17) is 13.7 Å². The van der Waals surface area contributed by atoms with Crippen molar-refractivity contribution in [1.29, 1.82) is 0 Å². The zero-order valence-electron chi connectivity index (χ0n) is 17.3. The molecule has 0 atom stereocenters. The number of carbonyl (C=O) groups is 2. The summed E-state index contributed by atoms with van der Waals surface area (Å²) in [5.41, 5.74) is 1.34. The van der Waals surface area contributed by atoms with Gasteiger partial charge in [0.05, 0.1) is 0 Å². The standard InChI is InChI=1S/C22H19NO7S.Na/c24-21(28-15-17-9-3-1-4-10-17)19-13-7-8-14-20(19)30-31(26,27)23-22(25)29-16-18-11-5-2-6-12-18;/h1-14H,15-16H2,(H,23,25);. The molecule has 0 aliphatic rings. The first-order valence-electron chi connectivity index (χ1n) is 9.16. The summed E-state index contributed by atoms with van der Waals surface area (Å²) >= 11 is 0. The number of esters is 1. The van der Waals surface area contributed by atoms with E-state index in [9.17, 15) is 18.0 Å². The smallest absolute Gasteiger partial charge is 0.423 e. The van der Waals surface area contributed by atoms with Crippen molar-refractivity contribution in [2.24, 2.45) is 0 Å². The third-order valence-corrected chi connectivity index (χ3v) is 4.76. The number of carbonyl (C=O) groups excluding carboxylic acids is 2. The van der Waals surface area contributed by atoms with Gasteiger partial charge in [0.25, 0.3) is 0 Å². The number of ether oxygens (including phenoxy) is 2. The van der Waals surface area contributed by atoms with Crippen molar-refractivity contribution >= 4 is 51.9 Å². The van der Waals surface area contributed by atoms with E-state index in [-0.39, 0.29) is 54.1 Å². The Bertz CT molecular complexity index is 1140. The van der Waals surface area contributed by atoms with Crippen molar-refractivity contribution in [2.45, 2.75) is 13.2 Å². The van der Waals surface area contributed by atoms with Crippen LogP contribution in [0.5, 0.6) is 5.75 Å². The van der Waals surface area contributed by atoms with Crippen LogP contribution in [0.3, 0.4) is 0 Å². The van der Waals surface area contributed by atoms with Gasteiger partial charge in [-0.15, -0.1) is 0 Å². The van der Waals surface area contributed by atoms with Crippen molar-refractivity contribution in [3.05, 3.63) is 102 Å². The van der Waals surface area contributed by atoms with Gasteiger partial charge in [-0.1, -0.05) is 72.8 Å². The third-order valence-electron chi connectivity index (χ3n) is 3.94. The molecule has 3 aromatic rings. The topological polar surface area (TPSA) is 108 Å². The molecule has 0 unspecified atom stereocenters. The molecule has 3 aromatic carbocycles. The van der Waals surface area contributed by atoms with Gasteiger partial charge in [0.2, 0.25) is 0 Å². The summed E-state index contributed by atoms with van der Waals surface area (Å²) in [5.74, 6) is -1.06. The molecular formula is C22H19NNaO7S. The second-order valence-electron chi connectivity index (χ2n) is 6.26. The summed E-state index contributed by atoms with van der Waals surface area (Å²) in [6.07, 6.45) is -1.21. The van der Waals surface area contributed by atoms with Crippen LogP contribution in [-0.4, -0.2) is 50.0 Å².